The summed E-state index contributed by atoms with van der Waals surface area (Å²) >= 11 is 0. The monoisotopic (exact) mass is 170 g/mol. The van der Waals surface area contributed by atoms with E-state index in [1.807, 2.05) is 0 Å². The molecule has 0 bridgehead atoms. The molecule has 0 aliphatic carbocycles. The highest BCUT2D eigenvalue weighted by Gasteiger charge is 1.96. The zero-order valence-corrected chi connectivity index (χ0v) is 6.66. The quantitative estimate of drug-likeness (QED) is 0.561. The minimum atomic E-state index is -0.277. The summed E-state index contributed by atoms with van der Waals surface area (Å²) < 4.78 is 0. The fourth-order valence-electron chi connectivity index (χ4n) is 0.738. The van der Waals surface area contributed by atoms with Crippen molar-refractivity contribution in [2.45, 2.75) is 0 Å². The van der Waals surface area contributed by atoms with Crippen LogP contribution in [0.1, 0.15) is 2.85 Å². The van der Waals surface area contributed by atoms with Gasteiger partial charge in [-0.25, -0.2) is 4.79 Å². The fourth-order valence-corrected chi connectivity index (χ4v) is 0.738. The van der Waals surface area contributed by atoms with E-state index in [0.29, 0.717) is 5.69 Å². The Hall–Kier alpha value is -1.71. The molecule has 3 N–H and O–H groups in total. The first-order chi connectivity index (χ1) is 5.72. The smallest absolute Gasteiger partial charge is 0.318 e. The van der Waals surface area contributed by atoms with Crippen LogP contribution in [0.5, 0.6) is 5.75 Å². The van der Waals surface area contributed by atoms with Gasteiger partial charge in [0.2, 0.25) is 0 Å². The Morgan fingerprint density at radius 2 is 2.00 bits per heavy atom. The van der Waals surface area contributed by atoms with Crippen LogP contribution in [0.3, 0.4) is 0 Å². The molecule has 1 aromatic carbocycles. The predicted octanol–water partition coefficient (Wildman–Crippen LogP) is 1.64. The lowest BCUT2D eigenvalue weighted by molar-refractivity contribution is 0.254. The highest BCUT2D eigenvalue weighted by Crippen LogP contribution is 2.13. The first kappa shape index (κ1) is 8.39. The van der Waals surface area contributed by atoms with Crippen molar-refractivity contribution in [2.24, 2.45) is 0 Å². The summed E-state index contributed by atoms with van der Waals surface area (Å²) in [4.78, 5) is 10.8. The summed E-state index contributed by atoms with van der Waals surface area (Å²) in [6, 6.07) is 5.96. The second-order valence-electron chi connectivity index (χ2n) is 2.25. The van der Waals surface area contributed by atoms with Crippen molar-refractivity contribution in [2.75, 3.05) is 12.4 Å². The van der Waals surface area contributed by atoms with Crippen LogP contribution in [0.2, 0.25) is 0 Å². The first-order valence-electron chi connectivity index (χ1n) is 3.50. The average Bonchev–Trinajstić information content (AvgIpc) is 2.09. The largest absolute Gasteiger partial charge is 0.508 e. The van der Waals surface area contributed by atoms with E-state index in [9.17, 15) is 4.79 Å². The highest BCUT2D eigenvalue weighted by molar-refractivity contribution is 5.88. The van der Waals surface area contributed by atoms with Crippen LogP contribution in [0.25, 0.3) is 0 Å². The number of amides is 2. The van der Waals surface area contributed by atoms with E-state index < -0.39 is 0 Å². The second kappa shape index (κ2) is 3.61. The molecule has 0 saturated heterocycles. The van der Waals surface area contributed by atoms with Gasteiger partial charge in [0.1, 0.15) is 5.75 Å². The Kier molecular flexibility index (Phi) is 2.53. The molecule has 0 heterocycles. The number of hydrogen-bond acceptors (Lipinski definition) is 2. The molecule has 68 valence electrons. The van der Waals surface area contributed by atoms with Gasteiger partial charge in [0.05, 0.1) is 0 Å². The van der Waals surface area contributed by atoms with Crippen molar-refractivity contribution < 1.29 is 12.8 Å². The Morgan fingerprint density at radius 1 is 1.42 bits per heavy atom. The van der Waals surface area contributed by atoms with Gasteiger partial charge in [0, 0.05) is 15.6 Å². The molecule has 0 atom stereocenters. The van der Waals surface area contributed by atoms with E-state index in [4.69, 9.17) is 5.11 Å². The molecule has 4 nitrogen and oxygen atoms in total. The Morgan fingerprint density at radius 3 is 2.50 bits per heavy atom. The van der Waals surface area contributed by atoms with E-state index in [1.165, 1.54) is 19.2 Å². The van der Waals surface area contributed by atoms with E-state index in [1.54, 1.807) is 12.1 Å². The van der Waals surface area contributed by atoms with Crippen LogP contribution in [-0.2, 0) is 0 Å². The molecule has 0 spiro atoms. The minimum Gasteiger partial charge on any atom is -0.508 e. The van der Waals surface area contributed by atoms with Crippen molar-refractivity contribution >= 4 is 11.7 Å². The van der Waals surface area contributed by atoms with E-state index >= 15 is 0 Å². The zero-order chi connectivity index (χ0) is 8.97. The Bertz CT molecular complexity index is 277. The van der Waals surface area contributed by atoms with Gasteiger partial charge in [-0.15, -0.1) is 0 Å². The van der Waals surface area contributed by atoms with Crippen molar-refractivity contribution in [1.82, 2.24) is 5.32 Å². The molecule has 1 rings (SSSR count). The van der Waals surface area contributed by atoms with Crippen molar-refractivity contribution in [3.63, 3.8) is 0 Å². The van der Waals surface area contributed by atoms with Gasteiger partial charge in [-0.3, -0.25) is 0 Å². The van der Waals surface area contributed by atoms with E-state index in [-0.39, 0.29) is 14.6 Å². The number of rotatable bonds is 1. The van der Waals surface area contributed by atoms with Gasteiger partial charge in [0.15, 0.2) is 0 Å². The number of carbonyl (C=O) groups excluding carboxylic acids is 1. The molecule has 0 aromatic heterocycles. The van der Waals surface area contributed by atoms with Crippen LogP contribution in [0.15, 0.2) is 24.3 Å². The number of hydrogen-bond donors (Lipinski definition) is 3. The van der Waals surface area contributed by atoms with E-state index in [2.05, 4.69) is 10.6 Å². The van der Waals surface area contributed by atoms with Gasteiger partial charge in [-0.1, -0.05) is 0 Å². The number of nitrogens with one attached hydrogen (secondary N) is 2. The summed E-state index contributed by atoms with van der Waals surface area (Å²) in [5.74, 6) is 0.178. The molecular weight excluding hydrogens is 156 g/mol. The van der Waals surface area contributed by atoms with Gasteiger partial charge in [0.25, 0.3) is 0 Å². The Labute approximate surface area is 73.2 Å². The topological polar surface area (TPSA) is 61.4 Å². The number of phenolic OH excluding ortho intramolecular Hbond substituents is 1. The summed E-state index contributed by atoms with van der Waals surface area (Å²) in [5, 5.41) is 13.9. The van der Waals surface area contributed by atoms with Gasteiger partial charge in [-0.2, -0.15) is 0 Å². The third-order valence-electron chi connectivity index (χ3n) is 1.35. The maximum Gasteiger partial charge on any atom is 0.318 e. The molecule has 0 unspecified atom stereocenters. The lowest BCUT2D eigenvalue weighted by Crippen LogP contribution is -2.24. The molecule has 0 saturated carbocycles. The summed E-state index contributed by atoms with van der Waals surface area (Å²) in [5.41, 5.74) is 0.646. The van der Waals surface area contributed by atoms with Crippen molar-refractivity contribution in [3.8, 4) is 5.75 Å². The van der Waals surface area contributed by atoms with Crippen molar-refractivity contribution in [1.29, 1.82) is 0 Å². The summed E-state index contributed by atoms with van der Waals surface area (Å²) in [6.07, 6.45) is 0. The average molecular weight is 170 g/mol. The highest BCUT2D eigenvalue weighted by atomic mass is 16.3. The molecule has 4 heteroatoms. The van der Waals surface area contributed by atoms with Gasteiger partial charge < -0.3 is 15.7 Å². The Balaban J connectivity index is 0. The van der Waals surface area contributed by atoms with Crippen LogP contribution in [0.4, 0.5) is 10.5 Å². The molecule has 0 aliphatic heterocycles. The zero-order valence-electron chi connectivity index (χ0n) is 6.66. The molecule has 12 heavy (non-hydrogen) atoms. The summed E-state index contributed by atoms with van der Waals surface area (Å²) in [7, 11) is 1.54. The molecular formula is C8H14N2O2. The van der Waals surface area contributed by atoms with Gasteiger partial charge >= 0.3 is 6.03 Å². The lowest BCUT2D eigenvalue weighted by atomic mass is 10.3. The lowest BCUT2D eigenvalue weighted by Gasteiger charge is -2.02. The number of phenols is 1. The van der Waals surface area contributed by atoms with Crippen LogP contribution < -0.4 is 10.6 Å². The number of urea groups is 1. The number of carbonyl (C=O) groups is 1. The standard InChI is InChI=1S/C8H10N2O2.2H2/c1-9-8(12)10-6-2-4-7(11)5-3-6;;/h2-5,11H,1H3,(H2,9,10,12);2*1H. The third-order valence-corrected chi connectivity index (χ3v) is 1.35. The third kappa shape index (κ3) is 2.16. The maximum absolute atomic E-state index is 10.8. The molecule has 2 amide bonds. The summed E-state index contributed by atoms with van der Waals surface area (Å²) in [6.45, 7) is 0. The predicted molar refractivity (Wildman–Crippen MR) is 50.4 cm³/mol. The van der Waals surface area contributed by atoms with E-state index in [0.717, 1.165) is 0 Å². The number of aromatic hydroxyl groups is 1. The first-order valence-corrected chi connectivity index (χ1v) is 3.50. The van der Waals surface area contributed by atoms with Crippen LogP contribution in [-0.4, -0.2) is 18.2 Å². The number of anilines is 1. The normalized spacial score (nSPS) is 9.08. The molecule has 1 aromatic rings. The fraction of sp³-hybridized carbons (Fsp3) is 0.125. The molecule has 0 aliphatic rings. The maximum atomic E-state index is 10.8. The van der Waals surface area contributed by atoms with Crippen LogP contribution in [0, 0.1) is 0 Å². The number of benzene rings is 1. The van der Waals surface area contributed by atoms with Gasteiger partial charge in [-0.05, 0) is 24.3 Å². The SMILES string of the molecule is CNC(=O)Nc1ccc(O)cc1.[HH].[HH]. The molecule has 0 fully saturated rings. The minimum absolute atomic E-state index is 0. The second-order valence-corrected chi connectivity index (χ2v) is 2.25. The van der Waals surface area contributed by atoms with Crippen LogP contribution >= 0.6 is 0 Å². The molecule has 0 radical (unpaired) electrons. The van der Waals surface area contributed by atoms with Crippen molar-refractivity contribution in [3.05, 3.63) is 24.3 Å².